The summed E-state index contributed by atoms with van der Waals surface area (Å²) in [6.45, 7) is 9.38. The van der Waals surface area contributed by atoms with Crippen molar-refractivity contribution in [3.8, 4) is 0 Å². The molecular formula is C13H27N3O2. The zero-order valence-corrected chi connectivity index (χ0v) is 12.3. The smallest absolute Gasteiger partial charge is 0.410 e. The summed E-state index contributed by atoms with van der Waals surface area (Å²) in [5.74, 6) is 0. The van der Waals surface area contributed by atoms with Gasteiger partial charge in [-0.2, -0.15) is 0 Å². The van der Waals surface area contributed by atoms with E-state index >= 15 is 0 Å². The van der Waals surface area contributed by atoms with Gasteiger partial charge in [0.2, 0.25) is 0 Å². The SMILES string of the molecule is CN1CCC(NCCN(C)C(=O)OC(C)(C)C)C1. The number of likely N-dealkylation sites (N-methyl/N-ethyl adjacent to an activating group) is 2. The van der Waals surface area contributed by atoms with E-state index in [1.54, 1.807) is 11.9 Å². The minimum absolute atomic E-state index is 0.257. The highest BCUT2D eigenvalue weighted by molar-refractivity contribution is 5.67. The molecule has 1 unspecified atom stereocenters. The second-order valence-corrected chi connectivity index (χ2v) is 6.10. The Morgan fingerprint density at radius 2 is 2.17 bits per heavy atom. The van der Waals surface area contributed by atoms with Crippen LogP contribution in [0.2, 0.25) is 0 Å². The molecule has 0 saturated carbocycles. The predicted octanol–water partition coefficient (Wildman–Crippen LogP) is 1.15. The van der Waals surface area contributed by atoms with Crippen LogP contribution < -0.4 is 5.32 Å². The molecule has 0 radical (unpaired) electrons. The summed E-state index contributed by atoms with van der Waals surface area (Å²) < 4.78 is 5.29. The number of rotatable bonds is 4. The minimum Gasteiger partial charge on any atom is -0.444 e. The fourth-order valence-corrected chi connectivity index (χ4v) is 1.97. The molecular weight excluding hydrogens is 230 g/mol. The molecule has 1 aliphatic heterocycles. The zero-order valence-electron chi connectivity index (χ0n) is 12.3. The molecule has 1 rings (SSSR count). The van der Waals surface area contributed by atoms with Gasteiger partial charge >= 0.3 is 6.09 Å². The van der Waals surface area contributed by atoms with Crippen molar-refractivity contribution < 1.29 is 9.53 Å². The van der Waals surface area contributed by atoms with Gasteiger partial charge in [-0.1, -0.05) is 0 Å². The fourth-order valence-electron chi connectivity index (χ4n) is 1.97. The maximum Gasteiger partial charge on any atom is 0.410 e. The number of carbonyl (C=O) groups excluding carboxylic acids is 1. The molecule has 1 heterocycles. The van der Waals surface area contributed by atoms with Gasteiger partial charge in [-0.15, -0.1) is 0 Å². The molecule has 0 spiro atoms. The van der Waals surface area contributed by atoms with E-state index in [-0.39, 0.29) is 6.09 Å². The van der Waals surface area contributed by atoms with Crippen LogP contribution in [0, 0.1) is 0 Å². The summed E-state index contributed by atoms with van der Waals surface area (Å²) in [5, 5.41) is 3.47. The first-order chi connectivity index (χ1) is 8.28. The number of amides is 1. The van der Waals surface area contributed by atoms with Gasteiger partial charge in [-0.25, -0.2) is 4.79 Å². The van der Waals surface area contributed by atoms with Gasteiger partial charge in [-0.3, -0.25) is 0 Å². The third-order valence-electron chi connectivity index (χ3n) is 2.98. The van der Waals surface area contributed by atoms with Gasteiger partial charge in [0.25, 0.3) is 0 Å². The van der Waals surface area contributed by atoms with Crippen LogP contribution >= 0.6 is 0 Å². The fraction of sp³-hybridized carbons (Fsp3) is 0.923. The lowest BCUT2D eigenvalue weighted by Crippen LogP contribution is -2.41. The summed E-state index contributed by atoms with van der Waals surface area (Å²) in [7, 11) is 3.91. The van der Waals surface area contributed by atoms with Gasteiger partial charge in [0.05, 0.1) is 0 Å². The largest absolute Gasteiger partial charge is 0.444 e. The van der Waals surface area contributed by atoms with Crippen molar-refractivity contribution in [2.45, 2.75) is 38.8 Å². The normalized spacial score (nSPS) is 21.1. The van der Waals surface area contributed by atoms with Gasteiger partial charge in [-0.05, 0) is 40.8 Å². The molecule has 1 fully saturated rings. The molecule has 5 heteroatoms. The Kier molecular flexibility index (Phi) is 5.41. The molecule has 5 nitrogen and oxygen atoms in total. The lowest BCUT2D eigenvalue weighted by atomic mass is 10.2. The molecule has 1 amide bonds. The van der Waals surface area contributed by atoms with Crippen molar-refractivity contribution in [1.82, 2.24) is 15.1 Å². The number of hydrogen-bond acceptors (Lipinski definition) is 4. The summed E-state index contributed by atoms with van der Waals surface area (Å²) >= 11 is 0. The first kappa shape index (κ1) is 15.2. The molecule has 0 bridgehead atoms. The number of nitrogens with one attached hydrogen (secondary N) is 1. The lowest BCUT2D eigenvalue weighted by Gasteiger charge is -2.25. The molecule has 18 heavy (non-hydrogen) atoms. The predicted molar refractivity (Wildman–Crippen MR) is 72.8 cm³/mol. The van der Waals surface area contributed by atoms with E-state index in [1.165, 1.54) is 6.42 Å². The Labute approximate surface area is 110 Å². The number of carbonyl (C=O) groups is 1. The van der Waals surface area contributed by atoms with Crippen LogP contribution in [0.25, 0.3) is 0 Å². The standard InChI is InChI=1S/C13H27N3O2/c1-13(2,3)18-12(17)16(5)9-7-14-11-6-8-15(4)10-11/h11,14H,6-10H2,1-5H3. The van der Waals surface area contributed by atoms with Crippen LogP contribution in [0.3, 0.4) is 0 Å². The Hall–Kier alpha value is -0.810. The molecule has 0 aliphatic carbocycles. The Morgan fingerprint density at radius 1 is 1.50 bits per heavy atom. The van der Waals surface area contributed by atoms with Crippen LogP contribution in [-0.4, -0.2) is 67.8 Å². The Balaban J connectivity index is 2.16. The Bertz CT molecular complexity index is 276. The van der Waals surface area contributed by atoms with Crippen LogP contribution in [-0.2, 0) is 4.74 Å². The van der Waals surface area contributed by atoms with Crippen molar-refractivity contribution in [2.75, 3.05) is 40.3 Å². The lowest BCUT2D eigenvalue weighted by molar-refractivity contribution is 0.0299. The second kappa shape index (κ2) is 6.38. The monoisotopic (exact) mass is 257 g/mol. The third kappa shape index (κ3) is 5.69. The van der Waals surface area contributed by atoms with Crippen LogP contribution in [0.5, 0.6) is 0 Å². The van der Waals surface area contributed by atoms with Crippen molar-refractivity contribution >= 4 is 6.09 Å². The highest BCUT2D eigenvalue weighted by atomic mass is 16.6. The molecule has 0 aromatic rings. The molecule has 1 atom stereocenters. The van der Waals surface area contributed by atoms with Gasteiger partial charge in [0.15, 0.2) is 0 Å². The second-order valence-electron chi connectivity index (χ2n) is 6.10. The minimum atomic E-state index is -0.424. The van der Waals surface area contributed by atoms with E-state index < -0.39 is 5.60 Å². The van der Waals surface area contributed by atoms with Gasteiger partial charge in [0, 0.05) is 32.7 Å². The number of hydrogen-bond donors (Lipinski definition) is 1. The number of nitrogens with zero attached hydrogens (tertiary/aromatic N) is 2. The van der Waals surface area contributed by atoms with E-state index in [0.29, 0.717) is 12.6 Å². The maximum absolute atomic E-state index is 11.7. The van der Waals surface area contributed by atoms with Gasteiger partial charge in [0.1, 0.15) is 5.60 Å². The molecule has 0 aromatic heterocycles. The van der Waals surface area contributed by atoms with E-state index in [0.717, 1.165) is 19.6 Å². The maximum atomic E-state index is 11.7. The number of likely N-dealkylation sites (tertiary alicyclic amines) is 1. The van der Waals surface area contributed by atoms with Crippen LogP contribution in [0.15, 0.2) is 0 Å². The quantitative estimate of drug-likeness (QED) is 0.820. The first-order valence-corrected chi connectivity index (χ1v) is 6.64. The molecule has 1 saturated heterocycles. The first-order valence-electron chi connectivity index (χ1n) is 6.64. The van der Waals surface area contributed by atoms with E-state index in [2.05, 4.69) is 17.3 Å². The Morgan fingerprint density at radius 3 is 2.67 bits per heavy atom. The van der Waals surface area contributed by atoms with Crippen molar-refractivity contribution in [1.29, 1.82) is 0 Å². The zero-order chi connectivity index (χ0) is 13.8. The average Bonchev–Trinajstić information content (AvgIpc) is 2.61. The van der Waals surface area contributed by atoms with Crippen molar-refractivity contribution in [2.24, 2.45) is 0 Å². The van der Waals surface area contributed by atoms with Crippen LogP contribution in [0.4, 0.5) is 4.79 Å². The van der Waals surface area contributed by atoms with Crippen molar-refractivity contribution in [3.63, 3.8) is 0 Å². The number of ether oxygens (including phenoxy) is 1. The van der Waals surface area contributed by atoms with Crippen LogP contribution in [0.1, 0.15) is 27.2 Å². The molecule has 106 valence electrons. The molecule has 1 N–H and O–H groups in total. The highest BCUT2D eigenvalue weighted by Crippen LogP contribution is 2.09. The molecule has 0 aromatic carbocycles. The van der Waals surface area contributed by atoms with Gasteiger partial charge < -0.3 is 19.9 Å². The highest BCUT2D eigenvalue weighted by Gasteiger charge is 2.21. The topological polar surface area (TPSA) is 44.8 Å². The van der Waals surface area contributed by atoms with Crippen molar-refractivity contribution in [3.05, 3.63) is 0 Å². The summed E-state index contributed by atoms with van der Waals surface area (Å²) in [5.41, 5.74) is -0.424. The molecule has 1 aliphatic rings. The van der Waals surface area contributed by atoms with E-state index in [1.807, 2.05) is 20.8 Å². The average molecular weight is 257 g/mol. The van der Waals surface area contributed by atoms with E-state index in [4.69, 9.17) is 4.74 Å². The summed E-state index contributed by atoms with van der Waals surface area (Å²) in [4.78, 5) is 15.6. The summed E-state index contributed by atoms with van der Waals surface area (Å²) in [6, 6.07) is 0.557. The van der Waals surface area contributed by atoms with E-state index in [9.17, 15) is 4.79 Å². The third-order valence-corrected chi connectivity index (χ3v) is 2.98. The summed E-state index contributed by atoms with van der Waals surface area (Å²) in [6.07, 6.45) is 0.931.